The molecule has 92 valence electrons. The van der Waals surface area contributed by atoms with Crippen molar-refractivity contribution in [2.45, 2.75) is 24.3 Å². The summed E-state index contributed by atoms with van der Waals surface area (Å²) >= 11 is 5.59. The van der Waals surface area contributed by atoms with Crippen LogP contribution in [0.4, 0.5) is 0 Å². The number of thiophene rings is 1. The van der Waals surface area contributed by atoms with Crippen molar-refractivity contribution >= 4 is 35.8 Å². The Hall–Kier alpha value is -1.01. The van der Waals surface area contributed by atoms with Gasteiger partial charge in [-0.25, -0.2) is 0 Å². The molecule has 1 N–H and O–H groups in total. The highest BCUT2D eigenvalue weighted by atomic mass is 32.1. The molecule has 0 aromatic carbocycles. The molecule has 1 aromatic heterocycles. The number of hydrogen-bond acceptors (Lipinski definition) is 4. The third kappa shape index (κ3) is 3.01. The highest BCUT2D eigenvalue weighted by Crippen LogP contribution is 2.21. The van der Waals surface area contributed by atoms with Crippen LogP contribution in [0.15, 0.2) is 16.3 Å². The van der Waals surface area contributed by atoms with Crippen molar-refractivity contribution in [1.29, 1.82) is 0 Å². The smallest absolute Gasteiger partial charge is 0.264 e. The summed E-state index contributed by atoms with van der Waals surface area (Å²) in [5.41, 5.74) is 0. The molecule has 0 bridgehead atoms. The van der Waals surface area contributed by atoms with E-state index >= 15 is 0 Å². The van der Waals surface area contributed by atoms with E-state index in [0.717, 1.165) is 11.3 Å². The lowest BCUT2D eigenvalue weighted by Crippen LogP contribution is -2.37. The van der Waals surface area contributed by atoms with E-state index in [1.807, 2.05) is 5.38 Å². The van der Waals surface area contributed by atoms with Crippen LogP contribution in [0.3, 0.4) is 0 Å². The maximum atomic E-state index is 12.1. The summed E-state index contributed by atoms with van der Waals surface area (Å²) < 4.78 is 0. The quantitative estimate of drug-likeness (QED) is 0.798. The fourth-order valence-corrected chi connectivity index (χ4v) is 3.06. The van der Waals surface area contributed by atoms with Gasteiger partial charge in [0.25, 0.3) is 5.91 Å². The van der Waals surface area contributed by atoms with Crippen LogP contribution in [-0.2, 0) is 4.79 Å². The number of nitrogens with one attached hydrogen (secondary N) is 1. The van der Waals surface area contributed by atoms with Crippen molar-refractivity contribution in [2.75, 3.05) is 13.1 Å². The molecular weight excluding hydrogens is 256 g/mol. The molecule has 0 saturated carbocycles. The summed E-state index contributed by atoms with van der Waals surface area (Å²) in [5, 5.41) is 4.68. The van der Waals surface area contributed by atoms with Crippen LogP contribution in [0, 0.1) is 0 Å². The number of carbonyl (C=O) groups is 2. The normalized spacial score (nSPS) is 19.4. The van der Waals surface area contributed by atoms with E-state index in [1.54, 1.807) is 11.0 Å². The Morgan fingerprint density at radius 3 is 2.94 bits per heavy atom. The number of thiol groups is 1. The maximum absolute atomic E-state index is 12.1. The van der Waals surface area contributed by atoms with E-state index < -0.39 is 0 Å². The van der Waals surface area contributed by atoms with Gasteiger partial charge in [0.15, 0.2) is 0 Å². The number of carbonyl (C=O) groups excluding carboxylic acids is 2. The zero-order valence-electron chi connectivity index (χ0n) is 9.47. The van der Waals surface area contributed by atoms with Gasteiger partial charge in [-0.15, -0.1) is 24.0 Å². The first-order valence-corrected chi connectivity index (χ1v) is 6.73. The van der Waals surface area contributed by atoms with Gasteiger partial charge in [0.1, 0.15) is 0 Å². The zero-order chi connectivity index (χ0) is 12.4. The molecule has 1 atom stereocenters. The number of hydrogen-bond donors (Lipinski definition) is 2. The van der Waals surface area contributed by atoms with Crippen LogP contribution in [0.1, 0.15) is 23.0 Å². The Kier molecular flexibility index (Phi) is 3.73. The third-order valence-corrected chi connectivity index (χ3v) is 4.03. The molecule has 2 rings (SSSR count). The van der Waals surface area contributed by atoms with Crippen molar-refractivity contribution < 1.29 is 9.59 Å². The van der Waals surface area contributed by atoms with Gasteiger partial charge < -0.3 is 10.2 Å². The lowest BCUT2D eigenvalue weighted by molar-refractivity contribution is -0.119. The first kappa shape index (κ1) is 12.4. The summed E-state index contributed by atoms with van der Waals surface area (Å²) in [6.07, 6.45) is 0.824. The molecule has 1 aliphatic heterocycles. The van der Waals surface area contributed by atoms with E-state index in [4.69, 9.17) is 0 Å². The summed E-state index contributed by atoms with van der Waals surface area (Å²) in [5.74, 6) is -0.0128. The summed E-state index contributed by atoms with van der Waals surface area (Å²) in [6.45, 7) is 2.79. The monoisotopic (exact) mass is 270 g/mol. The van der Waals surface area contributed by atoms with Crippen molar-refractivity contribution in [2.24, 2.45) is 0 Å². The minimum Gasteiger partial charge on any atom is -0.352 e. The van der Waals surface area contributed by atoms with Crippen LogP contribution in [0.2, 0.25) is 0 Å². The van der Waals surface area contributed by atoms with E-state index in [2.05, 4.69) is 17.9 Å². The first-order valence-electron chi connectivity index (χ1n) is 5.40. The Balaban J connectivity index is 1.96. The number of rotatable bonds is 2. The van der Waals surface area contributed by atoms with Gasteiger partial charge in [-0.3, -0.25) is 9.59 Å². The average molecular weight is 270 g/mol. The van der Waals surface area contributed by atoms with Crippen LogP contribution >= 0.6 is 24.0 Å². The first-order chi connectivity index (χ1) is 8.06. The second-order valence-electron chi connectivity index (χ2n) is 4.11. The minimum absolute atomic E-state index is 0.0307. The number of likely N-dealkylation sites (tertiary alicyclic amines) is 1. The van der Waals surface area contributed by atoms with Gasteiger partial charge in [-0.1, -0.05) is 0 Å². The fourth-order valence-electron chi connectivity index (χ4n) is 1.94. The van der Waals surface area contributed by atoms with Crippen molar-refractivity contribution in [1.82, 2.24) is 10.2 Å². The number of nitrogens with zero attached hydrogens (tertiary/aromatic N) is 1. The largest absolute Gasteiger partial charge is 0.352 e. The van der Waals surface area contributed by atoms with Gasteiger partial charge in [0, 0.05) is 36.3 Å². The SMILES string of the molecule is CC(=O)NC1CCN(C(=O)c2cc(S)cs2)C1. The van der Waals surface area contributed by atoms with Gasteiger partial charge in [0.2, 0.25) is 5.91 Å². The summed E-state index contributed by atoms with van der Waals surface area (Å²) in [6, 6.07) is 1.87. The molecule has 1 fully saturated rings. The molecule has 1 aliphatic rings. The number of amides is 2. The Bertz CT molecular complexity index is 444. The maximum Gasteiger partial charge on any atom is 0.264 e. The predicted molar refractivity (Wildman–Crippen MR) is 69.7 cm³/mol. The van der Waals surface area contributed by atoms with E-state index in [-0.39, 0.29) is 17.9 Å². The van der Waals surface area contributed by atoms with Gasteiger partial charge >= 0.3 is 0 Å². The predicted octanol–water partition coefficient (Wildman–Crippen LogP) is 1.39. The van der Waals surface area contributed by atoms with Gasteiger partial charge in [-0.2, -0.15) is 0 Å². The molecule has 0 spiro atoms. The van der Waals surface area contributed by atoms with Crippen LogP contribution in [0.25, 0.3) is 0 Å². The zero-order valence-corrected chi connectivity index (χ0v) is 11.2. The molecule has 17 heavy (non-hydrogen) atoms. The van der Waals surface area contributed by atoms with Crippen molar-refractivity contribution in [3.63, 3.8) is 0 Å². The fraction of sp³-hybridized carbons (Fsp3) is 0.455. The van der Waals surface area contributed by atoms with E-state index in [0.29, 0.717) is 18.0 Å². The summed E-state index contributed by atoms with van der Waals surface area (Å²) in [7, 11) is 0. The van der Waals surface area contributed by atoms with Crippen molar-refractivity contribution in [3.8, 4) is 0 Å². The van der Waals surface area contributed by atoms with Gasteiger partial charge in [-0.05, 0) is 12.5 Å². The molecule has 0 radical (unpaired) electrons. The second-order valence-corrected chi connectivity index (χ2v) is 5.53. The molecule has 1 aromatic rings. The Morgan fingerprint density at radius 1 is 1.59 bits per heavy atom. The molecule has 1 unspecified atom stereocenters. The van der Waals surface area contributed by atoms with E-state index in [1.165, 1.54) is 18.3 Å². The highest BCUT2D eigenvalue weighted by Gasteiger charge is 2.27. The molecule has 2 heterocycles. The highest BCUT2D eigenvalue weighted by molar-refractivity contribution is 7.80. The molecule has 0 aliphatic carbocycles. The molecule has 1 saturated heterocycles. The summed E-state index contributed by atoms with van der Waals surface area (Å²) in [4.78, 5) is 26.3. The molecular formula is C11H14N2O2S2. The lowest BCUT2D eigenvalue weighted by atomic mass is 10.2. The Morgan fingerprint density at radius 2 is 2.35 bits per heavy atom. The standard InChI is InChI=1S/C11H14N2O2S2/c1-7(14)12-8-2-3-13(5-8)11(15)10-4-9(16)6-17-10/h4,6,8,16H,2-3,5H2,1H3,(H,12,14). The van der Waals surface area contributed by atoms with E-state index in [9.17, 15) is 9.59 Å². The minimum atomic E-state index is -0.0435. The second kappa shape index (κ2) is 5.10. The average Bonchev–Trinajstić information content (AvgIpc) is 2.85. The molecule has 2 amide bonds. The lowest BCUT2D eigenvalue weighted by Gasteiger charge is -2.15. The van der Waals surface area contributed by atoms with Crippen LogP contribution in [0.5, 0.6) is 0 Å². The Labute approximate surface area is 109 Å². The molecule has 6 heteroatoms. The topological polar surface area (TPSA) is 49.4 Å². The van der Waals surface area contributed by atoms with Crippen molar-refractivity contribution in [3.05, 3.63) is 16.3 Å². The van der Waals surface area contributed by atoms with Crippen LogP contribution in [-0.4, -0.2) is 35.8 Å². The third-order valence-electron chi connectivity index (χ3n) is 2.68. The molecule has 4 nitrogen and oxygen atoms in total. The van der Waals surface area contributed by atoms with Gasteiger partial charge in [0.05, 0.1) is 4.88 Å². The van der Waals surface area contributed by atoms with Crippen LogP contribution < -0.4 is 5.32 Å².